The molecule has 9 heterocycles. The molecule has 0 spiro atoms. The van der Waals surface area contributed by atoms with Gasteiger partial charge in [0.1, 0.15) is 11.5 Å². The van der Waals surface area contributed by atoms with E-state index < -0.39 is 0 Å². The number of ether oxygens (including phenoxy) is 1. The molecule has 20 nitrogen and oxygen atoms in total. The van der Waals surface area contributed by atoms with Gasteiger partial charge in [-0.05, 0) is 74.8 Å². The van der Waals surface area contributed by atoms with Crippen LogP contribution in [0.5, 0.6) is 0 Å². The van der Waals surface area contributed by atoms with Crippen LogP contribution in [0.4, 0.5) is 4.79 Å². The lowest BCUT2D eigenvalue weighted by atomic mass is 10.3. The number of hydrazone groups is 1. The predicted molar refractivity (Wildman–Crippen MR) is 255 cm³/mol. The molecule has 9 rings (SSSR count). The molecule has 1 saturated heterocycles. The SMILES string of the molecule is C=C1CC(C)=NO1.C=C1CC(C)=NS1.C=C1NN=C(C)O1.C=S1CC(C)=NO1.CC1=NN=CC1.CC1=NN=CC1.CC1=NOC(=O)C1.CC1SC(=O)NC1=O.Cc1cc(C)on1. The Labute approximate surface area is 373 Å². The number of nitrogens with one attached hydrogen (secondary N) is 2. The molecule has 62 heavy (non-hydrogen) atoms. The van der Waals surface area contributed by atoms with Gasteiger partial charge in [-0.2, -0.15) is 20.4 Å². The first-order chi connectivity index (χ1) is 29.2. The molecular formula is C39H56N12O8S3. The van der Waals surface area contributed by atoms with Gasteiger partial charge in [-0.1, -0.05) is 45.5 Å². The average molecular weight is 917 g/mol. The number of hydrogen-bond donors (Lipinski definition) is 2. The van der Waals surface area contributed by atoms with Gasteiger partial charge >= 0.3 is 5.97 Å². The zero-order chi connectivity index (χ0) is 46.6. The zero-order valence-corrected chi connectivity index (χ0v) is 39.3. The molecule has 1 fully saturated rings. The second-order valence-corrected chi connectivity index (χ2v) is 16.9. The van der Waals surface area contributed by atoms with Crippen molar-refractivity contribution < 1.29 is 37.6 Å². The highest BCUT2D eigenvalue weighted by Crippen LogP contribution is 2.26. The minimum Gasteiger partial charge on any atom is -0.425 e. The number of rotatable bonds is 0. The Morgan fingerprint density at radius 1 is 0.774 bits per heavy atom. The van der Waals surface area contributed by atoms with Crippen molar-refractivity contribution >= 4 is 110 Å². The Hall–Kier alpha value is -5.81. The normalized spacial score (nSPS) is 20.2. The van der Waals surface area contributed by atoms with Crippen molar-refractivity contribution in [3.8, 4) is 0 Å². The first-order valence-corrected chi connectivity index (χ1v) is 21.8. The first kappa shape index (κ1) is 54.2. The summed E-state index contributed by atoms with van der Waals surface area (Å²) in [6.45, 7) is 29.6. The number of aryl methyl sites for hydroxylation is 2. The summed E-state index contributed by atoms with van der Waals surface area (Å²) in [6, 6.07) is 1.89. The fourth-order valence-corrected chi connectivity index (χ4v) is 5.87. The molecule has 2 atom stereocenters. The van der Waals surface area contributed by atoms with Gasteiger partial charge in [-0.3, -0.25) is 14.9 Å². The second kappa shape index (κ2) is 30.3. The lowest BCUT2D eigenvalue weighted by Gasteiger charge is -1.89. The molecule has 0 aromatic carbocycles. The third-order valence-corrected chi connectivity index (χ3v) is 9.28. The highest BCUT2D eigenvalue weighted by molar-refractivity contribution is 8.15. The maximum absolute atomic E-state index is 10.4. The lowest BCUT2D eigenvalue weighted by molar-refractivity contribution is -0.140. The van der Waals surface area contributed by atoms with E-state index in [9.17, 15) is 14.4 Å². The summed E-state index contributed by atoms with van der Waals surface area (Å²) >= 11 is 2.53. The minimum absolute atomic E-state index is 0.157. The molecule has 0 saturated carbocycles. The number of oxime groups is 3. The zero-order valence-electron chi connectivity index (χ0n) is 36.8. The number of nitrogens with zero attached hydrogens (tertiary/aromatic N) is 10. The van der Waals surface area contributed by atoms with Crippen LogP contribution in [0.2, 0.25) is 0 Å². The Balaban J connectivity index is 0.000000349. The van der Waals surface area contributed by atoms with Gasteiger partial charge in [0.05, 0.1) is 40.3 Å². The molecule has 23 heteroatoms. The number of allylic oxidation sites excluding steroid dienone is 2. The molecule has 0 radical (unpaired) electrons. The summed E-state index contributed by atoms with van der Waals surface area (Å²) in [6.07, 6.45) is 7.65. The van der Waals surface area contributed by atoms with Crippen LogP contribution in [-0.4, -0.2) is 91.7 Å². The van der Waals surface area contributed by atoms with Crippen molar-refractivity contribution in [3.05, 3.63) is 53.8 Å². The van der Waals surface area contributed by atoms with E-state index in [0.717, 1.165) is 93.9 Å². The fraction of sp³-hybridized carbons (Fsp3) is 0.436. The summed E-state index contributed by atoms with van der Waals surface area (Å²) in [5.41, 5.74) is 9.70. The summed E-state index contributed by atoms with van der Waals surface area (Å²) in [4.78, 5) is 40.9. The molecule has 0 aliphatic carbocycles. The molecule has 2 unspecified atom stereocenters. The number of aromatic nitrogens is 1. The van der Waals surface area contributed by atoms with Crippen LogP contribution in [0.1, 0.15) is 98.9 Å². The number of hydrogen-bond acceptors (Lipinski definition) is 21. The summed E-state index contributed by atoms with van der Waals surface area (Å²) in [5, 5.41) is 34.4. The molecule has 338 valence electrons. The number of amides is 2. The van der Waals surface area contributed by atoms with E-state index in [0.29, 0.717) is 18.2 Å². The van der Waals surface area contributed by atoms with Crippen LogP contribution in [0.15, 0.2) is 92.2 Å². The van der Waals surface area contributed by atoms with Crippen molar-refractivity contribution in [1.29, 1.82) is 0 Å². The molecular weight excluding hydrogens is 861 g/mol. The van der Waals surface area contributed by atoms with Gasteiger partial charge < -0.3 is 23.2 Å². The van der Waals surface area contributed by atoms with E-state index in [1.807, 2.05) is 54.5 Å². The van der Waals surface area contributed by atoms with E-state index in [-0.39, 0.29) is 33.1 Å². The largest absolute Gasteiger partial charge is 0.425 e. The molecule has 2 N–H and O–H groups in total. The molecule has 1 aromatic heterocycles. The van der Waals surface area contributed by atoms with Crippen LogP contribution in [0.3, 0.4) is 0 Å². The third kappa shape index (κ3) is 27.9. The fourth-order valence-electron chi connectivity index (χ4n) is 3.80. The van der Waals surface area contributed by atoms with E-state index in [1.54, 1.807) is 33.2 Å². The quantitative estimate of drug-likeness (QED) is 0.142. The van der Waals surface area contributed by atoms with E-state index in [4.69, 9.17) is 13.5 Å². The van der Waals surface area contributed by atoms with Crippen molar-refractivity contribution in [1.82, 2.24) is 15.9 Å². The Kier molecular flexibility index (Phi) is 26.5. The van der Waals surface area contributed by atoms with E-state index in [2.05, 4.69) is 96.6 Å². The predicted octanol–water partition coefficient (Wildman–Crippen LogP) is 8.36. The second-order valence-electron chi connectivity index (χ2n) is 13.3. The van der Waals surface area contributed by atoms with Gasteiger partial charge in [0.25, 0.3) is 5.24 Å². The molecule has 0 bridgehead atoms. The van der Waals surface area contributed by atoms with Crippen LogP contribution < -0.4 is 10.7 Å². The van der Waals surface area contributed by atoms with Crippen LogP contribution in [0, 0.1) is 13.8 Å². The average Bonchev–Trinajstić information content (AvgIpc) is 4.05. The van der Waals surface area contributed by atoms with Crippen LogP contribution >= 0.6 is 34.5 Å². The Bertz CT molecular complexity index is 1840. The van der Waals surface area contributed by atoms with Crippen LogP contribution in [0.25, 0.3) is 0 Å². The van der Waals surface area contributed by atoms with Crippen LogP contribution in [-0.2, 0) is 28.3 Å². The van der Waals surface area contributed by atoms with Gasteiger partial charge in [0, 0.05) is 95.9 Å². The molecule has 2 amide bonds. The standard InChI is InChI=1S/2C5H7NO.C5H7NS.C4H6N2O.2C4H6N2.C4H5NO2S.C4H5NO2.C4H7NOS/c3*1-4-3-5(2)7-6-4;1-3-5-6-4(2)7-3;2*1-4-2-3-5-6-4;1-2-3(6)5-4(7)8-2;1-3-2-4(6)7-5-3;1-4-3-7(2)6-5-4/h3H,1-2H3;2*2-3H2,1H3;5H,1H2,2H3;2*3H,2H2,1H3;2H,1H3,(H,5,6,7);2H2,1H3;2-3H2,1H3. The van der Waals surface area contributed by atoms with Crippen molar-refractivity contribution in [2.75, 3.05) is 5.75 Å². The smallest absolute Gasteiger partial charge is 0.340 e. The minimum atomic E-state index is -0.252. The number of carbonyl (C=O) groups excluding carboxylic acids is 3. The van der Waals surface area contributed by atoms with Crippen molar-refractivity contribution in [3.63, 3.8) is 0 Å². The Morgan fingerprint density at radius 2 is 1.39 bits per heavy atom. The van der Waals surface area contributed by atoms with Gasteiger partial charge in [-0.25, -0.2) is 14.6 Å². The number of thioether (sulfide) groups is 1. The highest BCUT2D eigenvalue weighted by Gasteiger charge is 2.26. The lowest BCUT2D eigenvalue weighted by Crippen LogP contribution is -2.22. The monoisotopic (exact) mass is 916 g/mol. The van der Waals surface area contributed by atoms with E-state index in [1.165, 1.54) is 17.7 Å². The van der Waals surface area contributed by atoms with E-state index >= 15 is 0 Å². The number of carbonyl (C=O) groups is 3. The molecule has 8 aliphatic heterocycles. The first-order valence-electron chi connectivity index (χ1n) is 18.6. The third-order valence-electron chi connectivity index (χ3n) is 6.57. The molecule has 8 aliphatic rings. The van der Waals surface area contributed by atoms with Gasteiger partial charge in [0.15, 0.2) is 0 Å². The number of imide groups is 1. The summed E-state index contributed by atoms with van der Waals surface area (Å²) < 4.78 is 18.3. The topological polar surface area (TPSA) is 249 Å². The Morgan fingerprint density at radius 3 is 1.52 bits per heavy atom. The van der Waals surface area contributed by atoms with Crippen molar-refractivity contribution in [2.24, 2.45) is 45.4 Å². The summed E-state index contributed by atoms with van der Waals surface area (Å²) in [7, 11) is -0.157. The maximum Gasteiger partial charge on any atom is 0.340 e. The van der Waals surface area contributed by atoms with Gasteiger partial charge in [0.2, 0.25) is 17.7 Å². The highest BCUT2D eigenvalue weighted by atomic mass is 32.2. The van der Waals surface area contributed by atoms with Gasteiger partial charge in [-0.15, -0.1) is 5.10 Å². The summed E-state index contributed by atoms with van der Waals surface area (Å²) in [5.74, 6) is 6.90. The van der Waals surface area contributed by atoms with Crippen molar-refractivity contribution in [2.45, 2.75) is 107 Å². The maximum atomic E-state index is 10.4. The molecule has 1 aromatic rings.